The smallest absolute Gasteiger partial charge is 0.325 e. The van der Waals surface area contributed by atoms with E-state index >= 15 is 0 Å². The molecule has 30 heavy (non-hydrogen) atoms. The molecule has 0 aliphatic carbocycles. The zero-order chi connectivity index (χ0) is 21.3. The van der Waals surface area contributed by atoms with Gasteiger partial charge in [-0.1, -0.05) is 48.9 Å². The van der Waals surface area contributed by atoms with Crippen molar-refractivity contribution in [3.63, 3.8) is 0 Å². The Hall–Kier alpha value is -3.19. The van der Waals surface area contributed by atoms with E-state index in [4.69, 9.17) is 4.74 Å². The Balaban J connectivity index is 1.57. The first kappa shape index (κ1) is 20.1. The lowest BCUT2D eigenvalue weighted by molar-refractivity contribution is -0.132. The standard InChI is InChI=1S/C23H23N3O3S/c1-4-23(17-9-11-19(29-3)12-10-17)21(27)26(22(28)25-23)13-18-14-30-20(24-18)16-7-5-15(2)6-8-16/h5-12,14H,4,13H2,1-3H3,(H,25,28)/t23-/m0/s1. The molecule has 1 aromatic heterocycles. The number of rotatable bonds is 6. The van der Waals surface area contributed by atoms with Crippen molar-refractivity contribution in [1.29, 1.82) is 0 Å². The first-order valence-electron chi connectivity index (χ1n) is 9.77. The molecule has 3 amide bonds. The maximum atomic E-state index is 13.3. The number of urea groups is 1. The van der Waals surface area contributed by atoms with Crippen LogP contribution in [0.1, 0.15) is 30.2 Å². The van der Waals surface area contributed by atoms with Crippen molar-refractivity contribution in [2.45, 2.75) is 32.4 Å². The summed E-state index contributed by atoms with van der Waals surface area (Å²) in [5, 5.41) is 5.68. The van der Waals surface area contributed by atoms with Gasteiger partial charge in [-0.15, -0.1) is 11.3 Å². The monoisotopic (exact) mass is 421 g/mol. The highest BCUT2D eigenvalue weighted by Crippen LogP contribution is 2.34. The highest BCUT2D eigenvalue weighted by atomic mass is 32.1. The van der Waals surface area contributed by atoms with Gasteiger partial charge in [-0.05, 0) is 31.0 Å². The normalized spacial score (nSPS) is 18.6. The Morgan fingerprint density at radius 3 is 2.43 bits per heavy atom. The molecule has 4 rings (SSSR count). The summed E-state index contributed by atoms with van der Waals surface area (Å²) in [6.07, 6.45) is 0.450. The lowest BCUT2D eigenvalue weighted by Crippen LogP contribution is -2.43. The minimum absolute atomic E-state index is 0.144. The number of benzene rings is 2. The first-order chi connectivity index (χ1) is 14.5. The van der Waals surface area contributed by atoms with E-state index < -0.39 is 11.6 Å². The van der Waals surface area contributed by atoms with Gasteiger partial charge in [0.2, 0.25) is 0 Å². The van der Waals surface area contributed by atoms with Crippen LogP contribution < -0.4 is 10.1 Å². The second-order valence-electron chi connectivity index (χ2n) is 7.32. The summed E-state index contributed by atoms with van der Waals surface area (Å²) in [4.78, 5) is 31.9. The second-order valence-corrected chi connectivity index (χ2v) is 8.18. The van der Waals surface area contributed by atoms with E-state index in [9.17, 15) is 9.59 Å². The van der Waals surface area contributed by atoms with Crippen LogP contribution >= 0.6 is 11.3 Å². The number of carbonyl (C=O) groups is 2. The van der Waals surface area contributed by atoms with E-state index in [1.54, 1.807) is 19.2 Å². The first-order valence-corrected chi connectivity index (χ1v) is 10.6. The van der Waals surface area contributed by atoms with Gasteiger partial charge in [0.25, 0.3) is 5.91 Å². The quantitative estimate of drug-likeness (QED) is 0.596. The number of carbonyl (C=O) groups excluding carboxylic acids is 2. The largest absolute Gasteiger partial charge is 0.497 e. The molecule has 1 N–H and O–H groups in total. The number of nitrogens with one attached hydrogen (secondary N) is 1. The van der Waals surface area contributed by atoms with Gasteiger partial charge in [0.05, 0.1) is 19.3 Å². The van der Waals surface area contributed by atoms with Crippen LogP contribution in [-0.4, -0.2) is 28.9 Å². The number of imide groups is 1. The lowest BCUT2D eigenvalue weighted by atomic mass is 9.87. The van der Waals surface area contributed by atoms with Crippen LogP contribution in [-0.2, 0) is 16.9 Å². The van der Waals surface area contributed by atoms with E-state index in [1.165, 1.54) is 21.8 Å². The Kier molecular flexibility index (Phi) is 5.30. The maximum Gasteiger partial charge on any atom is 0.325 e. The molecule has 0 spiro atoms. The number of aromatic nitrogens is 1. The fraction of sp³-hybridized carbons (Fsp3) is 0.261. The zero-order valence-electron chi connectivity index (χ0n) is 17.1. The van der Waals surface area contributed by atoms with Crippen molar-refractivity contribution in [3.8, 4) is 16.3 Å². The van der Waals surface area contributed by atoms with Crippen LogP contribution in [0, 0.1) is 6.92 Å². The maximum absolute atomic E-state index is 13.3. The number of nitrogens with zero attached hydrogens (tertiary/aromatic N) is 2. The van der Waals surface area contributed by atoms with Gasteiger partial charge in [0, 0.05) is 10.9 Å². The molecule has 154 valence electrons. The predicted molar refractivity (Wildman–Crippen MR) is 116 cm³/mol. The van der Waals surface area contributed by atoms with Crippen molar-refractivity contribution in [1.82, 2.24) is 15.2 Å². The van der Waals surface area contributed by atoms with Gasteiger partial charge in [-0.25, -0.2) is 9.78 Å². The summed E-state index contributed by atoms with van der Waals surface area (Å²) in [5.74, 6) is 0.440. The molecule has 0 saturated carbocycles. The van der Waals surface area contributed by atoms with Crippen LogP contribution in [0.3, 0.4) is 0 Å². The molecule has 1 aliphatic heterocycles. The summed E-state index contributed by atoms with van der Waals surface area (Å²) in [6.45, 7) is 4.08. The van der Waals surface area contributed by atoms with E-state index in [1.807, 2.05) is 55.6 Å². The van der Waals surface area contributed by atoms with E-state index in [0.29, 0.717) is 17.9 Å². The molecule has 0 unspecified atom stereocenters. The molecule has 1 fully saturated rings. The molecule has 7 heteroatoms. The minimum Gasteiger partial charge on any atom is -0.497 e. The number of methoxy groups -OCH3 is 1. The Morgan fingerprint density at radius 2 is 1.80 bits per heavy atom. The molecular weight excluding hydrogens is 398 g/mol. The van der Waals surface area contributed by atoms with Crippen LogP contribution in [0.15, 0.2) is 53.9 Å². The molecule has 0 bridgehead atoms. The molecule has 6 nitrogen and oxygen atoms in total. The topological polar surface area (TPSA) is 71.5 Å². The fourth-order valence-corrected chi connectivity index (χ4v) is 4.47. The molecular formula is C23H23N3O3S. The minimum atomic E-state index is -1.07. The Morgan fingerprint density at radius 1 is 1.10 bits per heavy atom. The molecule has 1 atom stereocenters. The van der Waals surface area contributed by atoms with Crippen LogP contribution in [0.2, 0.25) is 0 Å². The van der Waals surface area contributed by atoms with Gasteiger partial charge in [0.15, 0.2) is 0 Å². The molecule has 2 heterocycles. The summed E-state index contributed by atoms with van der Waals surface area (Å²) in [7, 11) is 1.59. The average molecular weight is 422 g/mol. The number of ether oxygens (including phenoxy) is 1. The third kappa shape index (κ3) is 3.45. The van der Waals surface area contributed by atoms with Crippen molar-refractivity contribution in [3.05, 3.63) is 70.7 Å². The summed E-state index contributed by atoms with van der Waals surface area (Å²) < 4.78 is 5.20. The van der Waals surface area contributed by atoms with E-state index in [-0.39, 0.29) is 12.5 Å². The molecule has 0 radical (unpaired) electrons. The van der Waals surface area contributed by atoms with Crippen LogP contribution in [0.4, 0.5) is 4.79 Å². The number of amides is 3. The third-order valence-corrected chi connectivity index (χ3v) is 6.40. The highest BCUT2D eigenvalue weighted by Gasteiger charge is 2.51. The van der Waals surface area contributed by atoms with Crippen molar-refractivity contribution in [2.75, 3.05) is 7.11 Å². The van der Waals surface area contributed by atoms with Crippen molar-refractivity contribution >= 4 is 23.3 Å². The Labute approximate surface area is 179 Å². The summed E-state index contributed by atoms with van der Waals surface area (Å²) in [6, 6.07) is 15.0. The fourth-order valence-electron chi connectivity index (χ4n) is 3.65. The number of aryl methyl sites for hydroxylation is 1. The number of thiazole rings is 1. The molecule has 3 aromatic rings. The predicted octanol–water partition coefficient (Wildman–Crippen LogP) is 4.48. The van der Waals surface area contributed by atoms with E-state index in [0.717, 1.165) is 16.1 Å². The van der Waals surface area contributed by atoms with Crippen LogP contribution in [0.25, 0.3) is 10.6 Å². The SMILES string of the molecule is CC[C@@]1(c2ccc(OC)cc2)NC(=O)N(Cc2csc(-c3ccc(C)cc3)n2)C1=O. The van der Waals surface area contributed by atoms with E-state index in [2.05, 4.69) is 10.3 Å². The van der Waals surface area contributed by atoms with Gasteiger partial charge in [-0.2, -0.15) is 0 Å². The van der Waals surface area contributed by atoms with Gasteiger partial charge in [0.1, 0.15) is 16.3 Å². The third-order valence-electron chi connectivity index (χ3n) is 5.46. The van der Waals surface area contributed by atoms with Gasteiger partial charge >= 0.3 is 6.03 Å². The number of hydrogen-bond donors (Lipinski definition) is 1. The Bertz CT molecular complexity index is 1080. The lowest BCUT2D eigenvalue weighted by Gasteiger charge is -2.25. The van der Waals surface area contributed by atoms with Gasteiger partial charge in [-0.3, -0.25) is 9.69 Å². The zero-order valence-corrected chi connectivity index (χ0v) is 18.0. The van der Waals surface area contributed by atoms with Crippen LogP contribution in [0.5, 0.6) is 5.75 Å². The van der Waals surface area contributed by atoms with Gasteiger partial charge < -0.3 is 10.1 Å². The summed E-state index contributed by atoms with van der Waals surface area (Å²) >= 11 is 1.51. The average Bonchev–Trinajstić information content (AvgIpc) is 3.33. The molecule has 1 saturated heterocycles. The highest BCUT2D eigenvalue weighted by molar-refractivity contribution is 7.13. The van der Waals surface area contributed by atoms with Crippen molar-refractivity contribution in [2.24, 2.45) is 0 Å². The molecule has 2 aromatic carbocycles. The molecule has 1 aliphatic rings. The second kappa shape index (κ2) is 7.91. The summed E-state index contributed by atoms with van der Waals surface area (Å²) in [5.41, 5.74) is 2.57. The number of hydrogen-bond acceptors (Lipinski definition) is 5. The van der Waals surface area contributed by atoms with Crippen molar-refractivity contribution < 1.29 is 14.3 Å².